The summed E-state index contributed by atoms with van der Waals surface area (Å²) in [7, 11) is 0. The molecular formula is C10H11ClN2S. The summed E-state index contributed by atoms with van der Waals surface area (Å²) in [4.78, 5) is 4.36. The molecule has 1 aliphatic heterocycles. The van der Waals surface area contributed by atoms with Gasteiger partial charge in [-0.2, -0.15) is 0 Å². The van der Waals surface area contributed by atoms with Crippen molar-refractivity contribution in [2.75, 3.05) is 11.9 Å². The second-order valence-corrected chi connectivity index (χ2v) is 5.01. The molecule has 0 radical (unpaired) electrons. The van der Waals surface area contributed by atoms with Crippen molar-refractivity contribution in [1.82, 2.24) is 0 Å². The van der Waals surface area contributed by atoms with E-state index in [0.29, 0.717) is 5.25 Å². The minimum Gasteiger partial charge on any atom is -0.334 e. The summed E-state index contributed by atoms with van der Waals surface area (Å²) in [5.41, 5.74) is 0.925. The van der Waals surface area contributed by atoms with Gasteiger partial charge in [0.1, 0.15) is 0 Å². The Morgan fingerprint density at radius 1 is 1.50 bits per heavy atom. The van der Waals surface area contributed by atoms with Gasteiger partial charge in [-0.25, -0.2) is 0 Å². The number of benzene rings is 1. The molecule has 1 unspecified atom stereocenters. The van der Waals surface area contributed by atoms with Crippen LogP contribution in [0.2, 0.25) is 5.02 Å². The highest BCUT2D eigenvalue weighted by Gasteiger charge is 2.15. The number of para-hydroxylation sites is 1. The third-order valence-electron chi connectivity index (χ3n) is 1.92. The van der Waals surface area contributed by atoms with Crippen LogP contribution in [-0.4, -0.2) is 17.0 Å². The Bertz CT molecular complexity index is 365. The molecule has 0 saturated carbocycles. The van der Waals surface area contributed by atoms with Crippen LogP contribution >= 0.6 is 23.4 Å². The first-order chi connectivity index (χ1) is 6.75. The van der Waals surface area contributed by atoms with Gasteiger partial charge in [-0.05, 0) is 12.1 Å². The highest BCUT2D eigenvalue weighted by atomic mass is 35.5. The molecule has 1 atom stereocenters. The molecule has 0 aliphatic carbocycles. The van der Waals surface area contributed by atoms with E-state index >= 15 is 0 Å². The van der Waals surface area contributed by atoms with E-state index in [0.717, 1.165) is 22.4 Å². The molecule has 2 nitrogen and oxygen atoms in total. The smallest absolute Gasteiger partial charge is 0.161 e. The summed E-state index contributed by atoms with van der Waals surface area (Å²) in [6, 6.07) is 7.69. The average Bonchev–Trinajstić information content (AvgIpc) is 2.56. The molecule has 4 heteroatoms. The molecule has 2 rings (SSSR count). The van der Waals surface area contributed by atoms with Crippen LogP contribution in [0.1, 0.15) is 6.92 Å². The first-order valence-electron chi connectivity index (χ1n) is 4.48. The zero-order valence-corrected chi connectivity index (χ0v) is 9.40. The second kappa shape index (κ2) is 4.24. The number of hydrogen-bond acceptors (Lipinski definition) is 3. The highest BCUT2D eigenvalue weighted by molar-refractivity contribution is 8.15. The number of hydrogen-bond donors (Lipinski definition) is 1. The van der Waals surface area contributed by atoms with Crippen LogP contribution in [0.4, 0.5) is 5.69 Å². The fraction of sp³-hybridized carbons (Fsp3) is 0.300. The van der Waals surface area contributed by atoms with E-state index in [4.69, 9.17) is 11.6 Å². The maximum absolute atomic E-state index is 6.01. The quantitative estimate of drug-likeness (QED) is 0.795. The van der Waals surface area contributed by atoms with Gasteiger partial charge in [0, 0.05) is 5.25 Å². The Kier molecular flexibility index (Phi) is 2.99. The lowest BCUT2D eigenvalue weighted by Gasteiger charge is -2.07. The summed E-state index contributed by atoms with van der Waals surface area (Å²) in [5, 5.41) is 5.49. The van der Waals surface area contributed by atoms with Gasteiger partial charge >= 0.3 is 0 Å². The van der Waals surface area contributed by atoms with Crippen molar-refractivity contribution in [1.29, 1.82) is 0 Å². The number of aliphatic imine (C=N–C) groups is 1. The van der Waals surface area contributed by atoms with Crippen LogP contribution in [0.15, 0.2) is 29.3 Å². The normalized spacial score (nSPS) is 20.7. The number of amidine groups is 1. The van der Waals surface area contributed by atoms with Crippen LogP contribution in [0.25, 0.3) is 0 Å². The zero-order valence-electron chi connectivity index (χ0n) is 7.83. The third kappa shape index (κ3) is 2.22. The summed E-state index contributed by atoms with van der Waals surface area (Å²) >= 11 is 7.76. The van der Waals surface area contributed by atoms with E-state index in [-0.39, 0.29) is 0 Å². The van der Waals surface area contributed by atoms with Crippen molar-refractivity contribution in [3.05, 3.63) is 29.3 Å². The number of thioether (sulfide) groups is 1. The first-order valence-corrected chi connectivity index (χ1v) is 5.74. The average molecular weight is 227 g/mol. The Morgan fingerprint density at radius 2 is 2.29 bits per heavy atom. The van der Waals surface area contributed by atoms with Gasteiger partial charge in [-0.1, -0.05) is 42.4 Å². The lowest BCUT2D eigenvalue weighted by atomic mass is 10.3. The molecule has 1 aliphatic rings. The Balaban J connectivity index is 2.08. The van der Waals surface area contributed by atoms with E-state index in [1.807, 2.05) is 24.3 Å². The molecule has 1 aromatic rings. The van der Waals surface area contributed by atoms with E-state index in [2.05, 4.69) is 17.2 Å². The maximum Gasteiger partial charge on any atom is 0.161 e. The first kappa shape index (κ1) is 9.87. The minimum atomic E-state index is 0.569. The lowest BCUT2D eigenvalue weighted by Crippen LogP contribution is -2.06. The molecule has 1 N–H and O–H groups in total. The van der Waals surface area contributed by atoms with E-state index < -0.39 is 0 Å². The van der Waals surface area contributed by atoms with Crippen molar-refractivity contribution in [3.63, 3.8) is 0 Å². The summed E-state index contributed by atoms with van der Waals surface area (Å²) in [5.74, 6) is 0. The predicted molar refractivity (Wildman–Crippen MR) is 64.4 cm³/mol. The topological polar surface area (TPSA) is 24.4 Å². The van der Waals surface area contributed by atoms with Gasteiger partial charge in [0.15, 0.2) is 5.17 Å². The molecule has 0 spiro atoms. The Hall–Kier alpha value is -0.670. The molecule has 0 aromatic heterocycles. The summed E-state index contributed by atoms with van der Waals surface area (Å²) in [6.45, 7) is 3.05. The highest BCUT2D eigenvalue weighted by Crippen LogP contribution is 2.25. The predicted octanol–water partition coefficient (Wildman–Crippen LogP) is 3.24. The standard InChI is InChI=1S/C10H11ClN2S/c1-7-6-12-10(14-7)13-9-5-3-2-4-8(9)11/h2-5,7H,6H2,1H3,(H,12,13). The van der Waals surface area contributed by atoms with Gasteiger partial charge in [0.05, 0.1) is 17.3 Å². The Labute approximate surface area is 92.8 Å². The third-order valence-corrected chi connectivity index (χ3v) is 3.26. The van der Waals surface area contributed by atoms with Crippen molar-refractivity contribution >= 4 is 34.2 Å². The van der Waals surface area contributed by atoms with E-state index in [9.17, 15) is 0 Å². The van der Waals surface area contributed by atoms with Gasteiger partial charge in [0.25, 0.3) is 0 Å². The van der Waals surface area contributed by atoms with Crippen LogP contribution in [-0.2, 0) is 0 Å². The molecule has 1 heterocycles. The maximum atomic E-state index is 6.01. The van der Waals surface area contributed by atoms with Crippen LogP contribution in [0.3, 0.4) is 0 Å². The fourth-order valence-corrected chi connectivity index (χ4v) is 2.25. The minimum absolute atomic E-state index is 0.569. The molecule has 74 valence electrons. The molecular weight excluding hydrogens is 216 g/mol. The van der Waals surface area contributed by atoms with Crippen molar-refractivity contribution < 1.29 is 0 Å². The molecule has 1 aromatic carbocycles. The van der Waals surface area contributed by atoms with Gasteiger partial charge in [0.2, 0.25) is 0 Å². The largest absolute Gasteiger partial charge is 0.334 e. The Morgan fingerprint density at radius 3 is 2.93 bits per heavy atom. The monoisotopic (exact) mass is 226 g/mol. The van der Waals surface area contributed by atoms with E-state index in [1.54, 1.807) is 11.8 Å². The lowest BCUT2D eigenvalue weighted by molar-refractivity contribution is 0.976. The van der Waals surface area contributed by atoms with Gasteiger partial charge in [-0.15, -0.1) is 0 Å². The number of nitrogens with one attached hydrogen (secondary N) is 1. The molecule has 14 heavy (non-hydrogen) atoms. The molecule has 0 bridgehead atoms. The number of halogens is 1. The zero-order chi connectivity index (χ0) is 9.97. The van der Waals surface area contributed by atoms with Gasteiger partial charge in [-0.3, -0.25) is 4.99 Å². The molecule has 0 fully saturated rings. The van der Waals surface area contributed by atoms with Crippen molar-refractivity contribution in [2.45, 2.75) is 12.2 Å². The number of nitrogens with zero attached hydrogens (tertiary/aromatic N) is 1. The number of rotatable bonds is 1. The van der Waals surface area contributed by atoms with E-state index in [1.165, 1.54) is 0 Å². The van der Waals surface area contributed by atoms with Crippen molar-refractivity contribution in [2.24, 2.45) is 4.99 Å². The molecule has 0 amide bonds. The van der Waals surface area contributed by atoms with Crippen LogP contribution in [0, 0.1) is 0 Å². The summed E-state index contributed by atoms with van der Waals surface area (Å²) < 4.78 is 0. The van der Waals surface area contributed by atoms with Crippen LogP contribution < -0.4 is 5.32 Å². The fourth-order valence-electron chi connectivity index (χ4n) is 1.22. The van der Waals surface area contributed by atoms with Crippen LogP contribution in [0.5, 0.6) is 0 Å². The SMILES string of the molecule is CC1CN=C(Nc2ccccc2Cl)S1. The second-order valence-electron chi connectivity index (χ2n) is 3.18. The van der Waals surface area contributed by atoms with Gasteiger partial charge < -0.3 is 5.32 Å². The number of anilines is 1. The molecule has 0 saturated heterocycles. The summed E-state index contributed by atoms with van der Waals surface area (Å²) in [6.07, 6.45) is 0. The van der Waals surface area contributed by atoms with Crippen molar-refractivity contribution in [3.8, 4) is 0 Å².